The number of urea groups is 1. The van der Waals surface area contributed by atoms with Gasteiger partial charge in [-0.2, -0.15) is 5.10 Å². The Morgan fingerprint density at radius 2 is 2.57 bits per heavy atom. The first kappa shape index (κ1) is 3.91. The highest BCUT2D eigenvalue weighted by Crippen LogP contribution is 1.62. The van der Waals surface area contributed by atoms with Crippen LogP contribution in [0, 0.1) is 0 Å². The molecule has 1 heterocycles. The molecular weight excluding hydrogens is 96.0 g/mol. The minimum atomic E-state index is -0.345. The Labute approximate surface area is 39.7 Å². The zero-order chi connectivity index (χ0) is 5.11. The summed E-state index contributed by atoms with van der Waals surface area (Å²) < 4.78 is 0. The Morgan fingerprint density at radius 1 is 1.71 bits per heavy atom. The smallest absolute Gasteiger partial charge is 0.285 e. The lowest BCUT2D eigenvalue weighted by molar-refractivity contribution is 0.238. The van der Waals surface area contributed by atoms with E-state index in [0.29, 0.717) is 0 Å². The fraction of sp³-hybridized carbons (Fsp3) is 0. The first-order valence-electron chi connectivity index (χ1n) is 1.72. The Morgan fingerprint density at radius 3 is 2.86 bits per heavy atom. The van der Waals surface area contributed by atoms with E-state index in [-0.39, 0.29) is 6.03 Å². The summed E-state index contributed by atoms with van der Waals surface area (Å²) in [6, 6.07) is -0.345. The molecule has 7 heavy (non-hydrogen) atoms. The molecule has 1 aliphatic heterocycles. The highest BCUT2D eigenvalue weighted by atomic mass is 16.2. The standard InChI is InChI=1S/C2H4N4O/c7-2-5-3-1-4-6-2/h1H,(H,3,4)(H2,5,6,7). The zero-order valence-corrected chi connectivity index (χ0v) is 3.43. The molecule has 0 spiro atoms. The third-order valence-corrected chi connectivity index (χ3v) is 0.481. The Hall–Kier alpha value is -1.26. The SMILES string of the molecule is O=C1NN=CNN1. The Kier molecular flexibility index (Phi) is 0.816. The van der Waals surface area contributed by atoms with Crippen LogP contribution < -0.4 is 16.3 Å². The highest BCUT2D eigenvalue weighted by molar-refractivity contribution is 5.78. The number of nitrogens with zero attached hydrogens (tertiary/aromatic N) is 1. The predicted octanol–water partition coefficient (Wildman–Crippen LogP) is -1.25. The van der Waals surface area contributed by atoms with Crippen LogP contribution in [-0.4, -0.2) is 12.4 Å². The van der Waals surface area contributed by atoms with Crippen LogP contribution in [0.5, 0.6) is 0 Å². The number of rotatable bonds is 0. The second kappa shape index (κ2) is 1.46. The molecule has 0 aromatic rings. The van der Waals surface area contributed by atoms with E-state index >= 15 is 0 Å². The van der Waals surface area contributed by atoms with E-state index in [0.717, 1.165) is 0 Å². The maximum Gasteiger partial charge on any atom is 0.353 e. The van der Waals surface area contributed by atoms with Crippen molar-refractivity contribution in [2.24, 2.45) is 5.10 Å². The van der Waals surface area contributed by atoms with E-state index in [2.05, 4.69) is 21.4 Å². The molecule has 0 saturated heterocycles. The molecule has 0 saturated carbocycles. The molecule has 0 aliphatic carbocycles. The molecule has 3 N–H and O–H groups in total. The van der Waals surface area contributed by atoms with Crippen LogP contribution in [0.2, 0.25) is 0 Å². The minimum Gasteiger partial charge on any atom is -0.285 e. The van der Waals surface area contributed by atoms with Crippen LogP contribution in [0.3, 0.4) is 0 Å². The fourth-order valence-electron chi connectivity index (χ4n) is 0.249. The third-order valence-electron chi connectivity index (χ3n) is 0.481. The van der Waals surface area contributed by atoms with E-state index in [1.165, 1.54) is 6.34 Å². The van der Waals surface area contributed by atoms with E-state index in [9.17, 15) is 4.79 Å². The van der Waals surface area contributed by atoms with Gasteiger partial charge in [0.05, 0.1) is 0 Å². The van der Waals surface area contributed by atoms with Gasteiger partial charge < -0.3 is 0 Å². The molecule has 38 valence electrons. The second-order valence-corrected chi connectivity index (χ2v) is 0.968. The van der Waals surface area contributed by atoms with Crippen molar-refractivity contribution >= 4 is 12.4 Å². The van der Waals surface area contributed by atoms with Crippen LogP contribution in [-0.2, 0) is 0 Å². The van der Waals surface area contributed by atoms with Crippen molar-refractivity contribution in [1.29, 1.82) is 0 Å². The molecule has 0 aromatic carbocycles. The molecule has 0 fully saturated rings. The average molecular weight is 100 g/mol. The molecule has 0 aromatic heterocycles. The summed E-state index contributed by atoms with van der Waals surface area (Å²) in [4.78, 5) is 10.1. The number of amides is 2. The lowest BCUT2D eigenvalue weighted by Gasteiger charge is -2.05. The van der Waals surface area contributed by atoms with E-state index in [4.69, 9.17) is 0 Å². The minimum absolute atomic E-state index is 0.345. The van der Waals surface area contributed by atoms with Gasteiger partial charge in [-0.3, -0.25) is 5.43 Å². The summed E-state index contributed by atoms with van der Waals surface area (Å²) in [6.45, 7) is 0. The molecule has 0 unspecified atom stereocenters. The Bertz CT molecular complexity index is 108. The topological polar surface area (TPSA) is 65.5 Å². The molecular formula is C2H4N4O. The highest BCUT2D eigenvalue weighted by Gasteiger charge is 1.95. The van der Waals surface area contributed by atoms with Crippen molar-refractivity contribution < 1.29 is 4.79 Å². The quantitative estimate of drug-likeness (QED) is 0.356. The maximum atomic E-state index is 10.1. The maximum absolute atomic E-state index is 10.1. The number of hydrazone groups is 1. The van der Waals surface area contributed by atoms with Crippen molar-refractivity contribution in [2.75, 3.05) is 0 Å². The van der Waals surface area contributed by atoms with Crippen molar-refractivity contribution in [2.45, 2.75) is 0 Å². The molecule has 2 amide bonds. The van der Waals surface area contributed by atoms with Crippen LogP contribution in [0.25, 0.3) is 0 Å². The molecule has 1 aliphatic rings. The summed E-state index contributed by atoms with van der Waals surface area (Å²) in [5, 5.41) is 3.36. The van der Waals surface area contributed by atoms with Gasteiger partial charge in [0.15, 0.2) is 0 Å². The van der Waals surface area contributed by atoms with Gasteiger partial charge in [0, 0.05) is 0 Å². The van der Waals surface area contributed by atoms with E-state index in [1.807, 2.05) is 0 Å². The van der Waals surface area contributed by atoms with Crippen molar-refractivity contribution in [3.05, 3.63) is 0 Å². The number of hydrogen-bond donors (Lipinski definition) is 3. The Balaban J connectivity index is 2.47. The van der Waals surface area contributed by atoms with Gasteiger partial charge in [-0.15, -0.1) is 0 Å². The fourth-order valence-corrected chi connectivity index (χ4v) is 0.249. The van der Waals surface area contributed by atoms with Crippen molar-refractivity contribution in [1.82, 2.24) is 16.3 Å². The van der Waals surface area contributed by atoms with E-state index < -0.39 is 0 Å². The molecule has 0 radical (unpaired) electrons. The molecule has 1 rings (SSSR count). The number of hydrazine groups is 1. The van der Waals surface area contributed by atoms with Crippen LogP contribution >= 0.6 is 0 Å². The van der Waals surface area contributed by atoms with Gasteiger partial charge in [-0.1, -0.05) is 0 Å². The lowest BCUT2D eigenvalue weighted by Crippen LogP contribution is -2.46. The first-order chi connectivity index (χ1) is 3.39. The van der Waals surface area contributed by atoms with Gasteiger partial charge in [0.25, 0.3) is 0 Å². The molecule has 0 atom stereocenters. The second-order valence-electron chi connectivity index (χ2n) is 0.968. The van der Waals surface area contributed by atoms with Crippen molar-refractivity contribution in [3.8, 4) is 0 Å². The summed E-state index contributed by atoms with van der Waals surface area (Å²) >= 11 is 0. The number of carbonyl (C=O) groups is 1. The normalized spacial score (nSPS) is 16.9. The predicted molar refractivity (Wildman–Crippen MR) is 23.3 cm³/mol. The van der Waals surface area contributed by atoms with Gasteiger partial charge in [0.1, 0.15) is 6.34 Å². The molecule has 0 bridgehead atoms. The number of hydrogen-bond acceptors (Lipinski definition) is 3. The zero-order valence-electron chi connectivity index (χ0n) is 3.43. The summed E-state index contributed by atoms with van der Waals surface area (Å²) in [6.07, 6.45) is 1.33. The summed E-state index contributed by atoms with van der Waals surface area (Å²) in [7, 11) is 0. The number of nitrogens with one attached hydrogen (secondary N) is 3. The van der Waals surface area contributed by atoms with Crippen molar-refractivity contribution in [3.63, 3.8) is 0 Å². The van der Waals surface area contributed by atoms with Gasteiger partial charge >= 0.3 is 6.03 Å². The number of carbonyl (C=O) groups excluding carboxylic acids is 1. The van der Waals surface area contributed by atoms with Crippen LogP contribution in [0.4, 0.5) is 4.79 Å². The van der Waals surface area contributed by atoms with Gasteiger partial charge in [0.2, 0.25) is 0 Å². The van der Waals surface area contributed by atoms with Gasteiger partial charge in [-0.05, 0) is 0 Å². The first-order valence-corrected chi connectivity index (χ1v) is 1.72. The van der Waals surface area contributed by atoms with Crippen LogP contribution in [0.15, 0.2) is 5.10 Å². The summed E-state index contributed by atoms with van der Waals surface area (Å²) in [5.74, 6) is 0. The average Bonchev–Trinajstić information content (AvgIpc) is 1.69. The molecule has 5 nitrogen and oxygen atoms in total. The van der Waals surface area contributed by atoms with E-state index in [1.54, 1.807) is 0 Å². The lowest BCUT2D eigenvalue weighted by atomic mass is 11.0. The van der Waals surface area contributed by atoms with Crippen LogP contribution in [0.1, 0.15) is 0 Å². The monoisotopic (exact) mass is 100 g/mol. The largest absolute Gasteiger partial charge is 0.353 e. The molecule has 5 heteroatoms. The summed E-state index contributed by atoms with van der Waals surface area (Å²) in [5.41, 5.74) is 6.75. The van der Waals surface area contributed by atoms with Gasteiger partial charge in [-0.25, -0.2) is 15.6 Å². The third kappa shape index (κ3) is 0.783.